The van der Waals surface area contributed by atoms with Crippen LogP contribution in [0.15, 0.2) is 35.8 Å². The summed E-state index contributed by atoms with van der Waals surface area (Å²) in [5, 5.41) is 4.66. The molecule has 0 aliphatic rings. The van der Waals surface area contributed by atoms with Crippen LogP contribution in [0.5, 0.6) is 0 Å². The molecule has 3 rings (SSSR count). The quantitative estimate of drug-likeness (QED) is 0.731. The third kappa shape index (κ3) is 2.98. The molecule has 0 saturated carbocycles. The van der Waals surface area contributed by atoms with Crippen molar-refractivity contribution in [3.8, 4) is 11.3 Å². The van der Waals surface area contributed by atoms with E-state index < -0.39 is 5.82 Å². The Bertz CT molecular complexity index is 793. The van der Waals surface area contributed by atoms with Crippen molar-refractivity contribution in [1.82, 2.24) is 15.0 Å². The van der Waals surface area contributed by atoms with Crippen LogP contribution >= 0.6 is 22.9 Å². The van der Waals surface area contributed by atoms with E-state index in [1.165, 1.54) is 17.4 Å². The van der Waals surface area contributed by atoms with Crippen molar-refractivity contribution in [3.63, 3.8) is 0 Å². The lowest BCUT2D eigenvalue weighted by Gasteiger charge is -2.02. The first kappa shape index (κ1) is 13.8. The molecular weight excluding hydrogens is 318 g/mol. The van der Waals surface area contributed by atoms with Crippen LogP contribution in [-0.2, 0) is 0 Å². The fourth-order valence-electron chi connectivity index (χ4n) is 1.66. The average molecular weight is 325 g/mol. The van der Waals surface area contributed by atoms with E-state index in [0.29, 0.717) is 16.4 Å². The van der Waals surface area contributed by atoms with E-state index in [2.05, 4.69) is 20.3 Å². The molecule has 3 aromatic rings. The molecule has 0 fully saturated rings. The van der Waals surface area contributed by atoms with E-state index in [-0.39, 0.29) is 16.9 Å². The van der Waals surface area contributed by atoms with Gasteiger partial charge in [0, 0.05) is 10.9 Å². The lowest BCUT2D eigenvalue weighted by atomic mass is 10.2. The van der Waals surface area contributed by atoms with Crippen LogP contribution in [0, 0.1) is 11.6 Å². The summed E-state index contributed by atoms with van der Waals surface area (Å²) in [6, 6.07) is 6.29. The molecule has 0 aliphatic heterocycles. The Kier molecular flexibility index (Phi) is 3.76. The van der Waals surface area contributed by atoms with Crippen molar-refractivity contribution in [2.24, 2.45) is 0 Å². The summed E-state index contributed by atoms with van der Waals surface area (Å²) in [5.74, 6) is -1.10. The SMILES string of the molecule is Fc1ccccc1-c1csc(Nc2nc(Cl)ncc2F)n1. The Balaban J connectivity index is 1.89. The van der Waals surface area contributed by atoms with E-state index in [4.69, 9.17) is 11.6 Å². The van der Waals surface area contributed by atoms with Gasteiger partial charge in [-0.25, -0.2) is 18.7 Å². The molecule has 1 N–H and O–H groups in total. The smallest absolute Gasteiger partial charge is 0.224 e. The fraction of sp³-hybridized carbons (Fsp3) is 0. The second kappa shape index (κ2) is 5.71. The van der Waals surface area contributed by atoms with Crippen LogP contribution in [0.25, 0.3) is 11.3 Å². The summed E-state index contributed by atoms with van der Waals surface area (Å²) in [6.45, 7) is 0. The lowest BCUT2D eigenvalue weighted by molar-refractivity contribution is 0.619. The Hall–Kier alpha value is -2.12. The zero-order valence-electron chi connectivity index (χ0n) is 10.3. The number of halogens is 3. The van der Waals surface area contributed by atoms with E-state index in [1.54, 1.807) is 23.6 Å². The first-order valence-corrected chi connectivity index (χ1v) is 7.05. The highest BCUT2D eigenvalue weighted by molar-refractivity contribution is 7.14. The van der Waals surface area contributed by atoms with Crippen molar-refractivity contribution >= 4 is 33.9 Å². The molecule has 0 radical (unpaired) electrons. The normalized spacial score (nSPS) is 10.6. The minimum Gasteiger partial charge on any atom is -0.314 e. The maximum absolute atomic E-state index is 13.7. The monoisotopic (exact) mass is 324 g/mol. The van der Waals surface area contributed by atoms with E-state index in [0.717, 1.165) is 6.20 Å². The van der Waals surface area contributed by atoms with Gasteiger partial charge in [0.2, 0.25) is 5.28 Å². The maximum atomic E-state index is 13.7. The van der Waals surface area contributed by atoms with E-state index in [1.807, 2.05) is 0 Å². The largest absolute Gasteiger partial charge is 0.314 e. The number of hydrogen-bond donors (Lipinski definition) is 1. The molecule has 2 aromatic heterocycles. The zero-order chi connectivity index (χ0) is 14.8. The van der Waals surface area contributed by atoms with Gasteiger partial charge in [-0.1, -0.05) is 12.1 Å². The molecule has 2 heterocycles. The standard InChI is InChI=1S/C13H7ClF2N4S/c14-12-17-5-9(16)11(19-12)20-13-18-10(6-21-13)7-3-1-2-4-8(7)15/h1-6H,(H,17,18,19,20). The summed E-state index contributed by atoms with van der Waals surface area (Å²) in [5.41, 5.74) is 0.837. The van der Waals surface area contributed by atoms with Gasteiger partial charge in [-0.15, -0.1) is 11.3 Å². The van der Waals surface area contributed by atoms with Crippen molar-refractivity contribution in [1.29, 1.82) is 0 Å². The molecule has 4 nitrogen and oxygen atoms in total. The molecule has 0 unspecified atom stereocenters. The number of aromatic nitrogens is 3. The summed E-state index contributed by atoms with van der Waals surface area (Å²) < 4.78 is 27.2. The minimum atomic E-state index is -0.651. The molecule has 1 aromatic carbocycles. The molecule has 0 bridgehead atoms. The predicted molar refractivity (Wildman–Crippen MR) is 77.8 cm³/mol. The highest BCUT2D eigenvalue weighted by atomic mass is 35.5. The van der Waals surface area contributed by atoms with Crippen LogP contribution in [0.2, 0.25) is 5.28 Å². The molecule has 0 amide bonds. The number of rotatable bonds is 3. The predicted octanol–water partition coefficient (Wildman–Crippen LogP) is 4.28. The molecule has 8 heteroatoms. The van der Waals surface area contributed by atoms with Gasteiger partial charge in [0.05, 0.1) is 11.9 Å². The number of nitrogens with zero attached hydrogens (tertiary/aromatic N) is 3. The number of hydrogen-bond acceptors (Lipinski definition) is 5. The third-order valence-electron chi connectivity index (χ3n) is 2.59. The number of anilines is 2. The van der Waals surface area contributed by atoms with Gasteiger partial charge in [0.1, 0.15) is 5.82 Å². The number of thiazole rings is 1. The molecule has 0 spiro atoms. The summed E-state index contributed by atoms with van der Waals surface area (Å²) in [6.07, 6.45) is 0.961. The van der Waals surface area contributed by atoms with Crippen LogP contribution in [0.3, 0.4) is 0 Å². The minimum absolute atomic E-state index is 0.0789. The summed E-state index contributed by atoms with van der Waals surface area (Å²) in [7, 11) is 0. The van der Waals surface area contributed by atoms with Gasteiger partial charge in [-0.05, 0) is 23.7 Å². The van der Waals surface area contributed by atoms with Gasteiger partial charge in [-0.2, -0.15) is 4.98 Å². The van der Waals surface area contributed by atoms with E-state index >= 15 is 0 Å². The summed E-state index contributed by atoms with van der Waals surface area (Å²) in [4.78, 5) is 11.5. The fourth-order valence-corrected chi connectivity index (χ4v) is 2.50. The Labute approximate surface area is 127 Å². The second-order valence-electron chi connectivity index (χ2n) is 3.98. The third-order valence-corrected chi connectivity index (χ3v) is 3.53. The highest BCUT2D eigenvalue weighted by Gasteiger charge is 2.11. The topological polar surface area (TPSA) is 50.7 Å². The van der Waals surface area contributed by atoms with Crippen LogP contribution in [-0.4, -0.2) is 15.0 Å². The second-order valence-corrected chi connectivity index (χ2v) is 5.17. The van der Waals surface area contributed by atoms with Crippen LogP contribution < -0.4 is 5.32 Å². The van der Waals surface area contributed by atoms with Gasteiger partial charge in [-0.3, -0.25) is 0 Å². The Morgan fingerprint density at radius 1 is 1.10 bits per heavy atom. The lowest BCUT2D eigenvalue weighted by Crippen LogP contribution is -1.98. The van der Waals surface area contributed by atoms with Crippen molar-refractivity contribution in [2.45, 2.75) is 0 Å². The Morgan fingerprint density at radius 3 is 2.71 bits per heavy atom. The number of benzene rings is 1. The summed E-state index contributed by atoms with van der Waals surface area (Å²) >= 11 is 6.81. The van der Waals surface area contributed by atoms with Gasteiger partial charge in [0.25, 0.3) is 0 Å². The van der Waals surface area contributed by atoms with Gasteiger partial charge < -0.3 is 5.32 Å². The number of nitrogens with one attached hydrogen (secondary N) is 1. The van der Waals surface area contributed by atoms with Crippen molar-refractivity contribution in [3.05, 3.63) is 52.8 Å². The van der Waals surface area contributed by atoms with Crippen molar-refractivity contribution in [2.75, 3.05) is 5.32 Å². The highest BCUT2D eigenvalue weighted by Crippen LogP contribution is 2.28. The zero-order valence-corrected chi connectivity index (χ0v) is 11.9. The average Bonchev–Trinajstić information content (AvgIpc) is 2.92. The molecular formula is C13H7ClF2N4S. The first-order chi connectivity index (χ1) is 10.1. The first-order valence-electron chi connectivity index (χ1n) is 5.79. The Morgan fingerprint density at radius 2 is 1.90 bits per heavy atom. The van der Waals surface area contributed by atoms with Crippen LogP contribution in [0.1, 0.15) is 0 Å². The van der Waals surface area contributed by atoms with E-state index in [9.17, 15) is 8.78 Å². The van der Waals surface area contributed by atoms with Gasteiger partial charge in [0.15, 0.2) is 16.8 Å². The molecule has 0 atom stereocenters. The van der Waals surface area contributed by atoms with Crippen molar-refractivity contribution < 1.29 is 8.78 Å². The molecule has 0 aliphatic carbocycles. The van der Waals surface area contributed by atoms with Gasteiger partial charge >= 0.3 is 0 Å². The molecule has 0 saturated heterocycles. The maximum Gasteiger partial charge on any atom is 0.224 e. The van der Waals surface area contributed by atoms with Crippen LogP contribution in [0.4, 0.5) is 19.7 Å². The molecule has 106 valence electrons. The molecule has 21 heavy (non-hydrogen) atoms.